The zero-order valence-electron chi connectivity index (χ0n) is 21.5. The lowest BCUT2D eigenvalue weighted by Crippen LogP contribution is -2.19. The molecule has 0 aliphatic carbocycles. The van der Waals surface area contributed by atoms with Gasteiger partial charge in [0.05, 0.1) is 19.7 Å². The van der Waals surface area contributed by atoms with E-state index >= 15 is 0 Å². The van der Waals surface area contributed by atoms with Crippen LogP contribution in [-0.4, -0.2) is 30.2 Å². The quantitative estimate of drug-likeness (QED) is 0.234. The molecular weight excluding hydrogens is 499 g/mol. The third-order valence-corrected chi connectivity index (χ3v) is 6.06. The van der Waals surface area contributed by atoms with Gasteiger partial charge in [-0.25, -0.2) is 14.2 Å². The van der Waals surface area contributed by atoms with Gasteiger partial charge < -0.3 is 24.8 Å². The van der Waals surface area contributed by atoms with Crippen molar-refractivity contribution in [2.45, 2.75) is 6.92 Å². The first-order valence-corrected chi connectivity index (χ1v) is 12.0. The number of hydrogen-bond donors (Lipinski definition) is 2. The number of benzene rings is 3. The van der Waals surface area contributed by atoms with Crippen molar-refractivity contribution in [3.8, 4) is 34.3 Å². The number of pyridine rings is 2. The molecule has 5 aromatic rings. The van der Waals surface area contributed by atoms with E-state index in [1.54, 1.807) is 69.9 Å². The maximum Gasteiger partial charge on any atom is 0.323 e. The Kier molecular flexibility index (Phi) is 7.22. The highest BCUT2D eigenvalue weighted by Gasteiger charge is 2.15. The van der Waals surface area contributed by atoms with Crippen LogP contribution >= 0.6 is 0 Å². The van der Waals surface area contributed by atoms with Crippen molar-refractivity contribution < 1.29 is 23.4 Å². The highest BCUT2D eigenvalue weighted by Crippen LogP contribution is 2.39. The smallest absolute Gasteiger partial charge is 0.323 e. The Morgan fingerprint density at radius 1 is 0.795 bits per heavy atom. The van der Waals surface area contributed by atoms with Gasteiger partial charge >= 0.3 is 6.03 Å². The van der Waals surface area contributed by atoms with Gasteiger partial charge in [-0.15, -0.1) is 0 Å². The van der Waals surface area contributed by atoms with Crippen molar-refractivity contribution in [2.75, 3.05) is 24.9 Å². The van der Waals surface area contributed by atoms with Crippen LogP contribution in [0.3, 0.4) is 0 Å². The van der Waals surface area contributed by atoms with Gasteiger partial charge in [0.15, 0.2) is 11.5 Å². The number of carbonyl (C=O) groups is 1. The van der Waals surface area contributed by atoms with Crippen molar-refractivity contribution in [2.24, 2.45) is 0 Å². The summed E-state index contributed by atoms with van der Waals surface area (Å²) in [6.07, 6.45) is 3.37. The number of halogens is 1. The van der Waals surface area contributed by atoms with E-state index in [0.717, 1.165) is 22.0 Å². The lowest BCUT2D eigenvalue weighted by atomic mass is 10.0. The predicted molar refractivity (Wildman–Crippen MR) is 148 cm³/mol. The molecule has 2 aromatic heterocycles. The highest BCUT2D eigenvalue weighted by molar-refractivity contribution is 6.00. The summed E-state index contributed by atoms with van der Waals surface area (Å²) in [6.45, 7) is 1.66. The fourth-order valence-corrected chi connectivity index (χ4v) is 4.07. The van der Waals surface area contributed by atoms with E-state index in [-0.39, 0.29) is 5.82 Å². The topological polar surface area (TPSA) is 94.6 Å². The van der Waals surface area contributed by atoms with Crippen molar-refractivity contribution in [3.63, 3.8) is 0 Å². The van der Waals surface area contributed by atoms with Gasteiger partial charge in [0.2, 0.25) is 5.88 Å². The van der Waals surface area contributed by atoms with E-state index in [9.17, 15) is 9.18 Å². The first-order valence-electron chi connectivity index (χ1n) is 12.0. The molecule has 0 saturated heterocycles. The van der Waals surface area contributed by atoms with Crippen LogP contribution < -0.4 is 24.8 Å². The molecule has 5 rings (SSSR count). The Morgan fingerprint density at radius 2 is 1.51 bits per heavy atom. The van der Waals surface area contributed by atoms with Crippen molar-refractivity contribution in [1.82, 2.24) is 9.97 Å². The Morgan fingerprint density at radius 3 is 2.26 bits per heavy atom. The first-order chi connectivity index (χ1) is 18.9. The Balaban J connectivity index is 1.35. The molecule has 0 aliphatic heterocycles. The standard InChI is InChI=1S/C30H25FN4O4/c1-18-6-7-20(15-25(18)31)35-30(36)34-19-8-10-21(11-9-19)39-29-23(5-4-13-33-29)22-12-14-32-26-17-28(38-3)27(37-2)16-24(22)26/h4-17H,1-3H3,(H2,34,35,36). The predicted octanol–water partition coefficient (Wildman–Crippen LogP) is 7.20. The maximum atomic E-state index is 13.8. The van der Waals surface area contributed by atoms with Gasteiger partial charge in [-0.05, 0) is 78.7 Å². The third kappa shape index (κ3) is 5.57. The number of carbonyl (C=O) groups excluding carboxylic acids is 1. The molecule has 39 heavy (non-hydrogen) atoms. The van der Waals surface area contributed by atoms with Gasteiger partial charge in [0.1, 0.15) is 11.6 Å². The van der Waals surface area contributed by atoms with Gasteiger partial charge in [0.25, 0.3) is 0 Å². The van der Waals surface area contributed by atoms with Gasteiger partial charge in [0, 0.05) is 40.8 Å². The van der Waals surface area contributed by atoms with Gasteiger partial charge in [-0.2, -0.15) is 0 Å². The Bertz CT molecular complexity index is 1660. The summed E-state index contributed by atoms with van der Waals surface area (Å²) in [5.74, 6) is 1.72. The van der Waals surface area contributed by atoms with Crippen molar-refractivity contribution in [1.29, 1.82) is 0 Å². The average Bonchev–Trinajstić information content (AvgIpc) is 2.95. The lowest BCUT2D eigenvalue weighted by molar-refractivity contribution is 0.262. The molecule has 196 valence electrons. The molecule has 8 nitrogen and oxygen atoms in total. The number of methoxy groups -OCH3 is 2. The second kappa shape index (κ2) is 11.1. The van der Waals surface area contributed by atoms with Crippen LogP contribution in [0.4, 0.5) is 20.6 Å². The van der Waals surface area contributed by atoms with Crippen molar-refractivity contribution in [3.05, 3.63) is 96.6 Å². The Hall–Kier alpha value is -5.18. The summed E-state index contributed by atoms with van der Waals surface area (Å²) < 4.78 is 30.8. The molecule has 0 fully saturated rings. The van der Waals surface area contributed by atoms with E-state index in [0.29, 0.717) is 40.1 Å². The van der Waals surface area contributed by atoms with E-state index < -0.39 is 6.03 Å². The van der Waals surface area contributed by atoms with Crippen LogP contribution in [0.25, 0.3) is 22.0 Å². The number of nitrogens with zero attached hydrogens (tertiary/aromatic N) is 2. The summed E-state index contributed by atoms with van der Waals surface area (Å²) in [5, 5.41) is 6.19. The molecule has 0 radical (unpaired) electrons. The van der Waals surface area contributed by atoms with Gasteiger partial charge in [-0.1, -0.05) is 6.07 Å². The summed E-state index contributed by atoms with van der Waals surface area (Å²) in [6, 6.07) is 20.2. The van der Waals surface area contributed by atoms with E-state index in [1.165, 1.54) is 6.07 Å². The number of hydrogen-bond acceptors (Lipinski definition) is 6. The molecule has 2 amide bonds. The number of urea groups is 1. The van der Waals surface area contributed by atoms with E-state index in [1.807, 2.05) is 30.3 Å². The average molecular weight is 525 g/mol. The summed E-state index contributed by atoms with van der Waals surface area (Å²) in [5.41, 5.74) is 3.77. The largest absolute Gasteiger partial charge is 0.493 e. The van der Waals surface area contributed by atoms with Crippen LogP contribution in [0.5, 0.6) is 23.1 Å². The maximum absolute atomic E-state index is 13.8. The van der Waals surface area contributed by atoms with Crippen LogP contribution in [0.2, 0.25) is 0 Å². The second-order valence-electron chi connectivity index (χ2n) is 8.61. The monoisotopic (exact) mass is 524 g/mol. The zero-order chi connectivity index (χ0) is 27.4. The molecule has 0 unspecified atom stereocenters. The summed E-state index contributed by atoms with van der Waals surface area (Å²) in [7, 11) is 3.17. The van der Waals surface area contributed by atoms with Crippen molar-refractivity contribution >= 4 is 28.3 Å². The molecule has 0 saturated carbocycles. The van der Waals surface area contributed by atoms with E-state index in [4.69, 9.17) is 14.2 Å². The normalized spacial score (nSPS) is 10.7. The van der Waals surface area contributed by atoms with Crippen LogP contribution in [0.1, 0.15) is 5.56 Å². The highest BCUT2D eigenvalue weighted by atomic mass is 19.1. The molecule has 2 N–H and O–H groups in total. The second-order valence-corrected chi connectivity index (χ2v) is 8.61. The Labute approximate surface area is 224 Å². The number of nitrogens with one attached hydrogen (secondary N) is 2. The number of fused-ring (bicyclic) bond motifs is 1. The number of aryl methyl sites for hydroxylation is 1. The number of aromatic nitrogens is 2. The number of amides is 2. The number of anilines is 2. The third-order valence-electron chi connectivity index (χ3n) is 6.06. The van der Waals surface area contributed by atoms with Crippen LogP contribution in [-0.2, 0) is 0 Å². The van der Waals surface area contributed by atoms with Crippen LogP contribution in [0.15, 0.2) is 85.2 Å². The summed E-state index contributed by atoms with van der Waals surface area (Å²) in [4.78, 5) is 21.3. The molecule has 2 heterocycles. The molecule has 0 atom stereocenters. The van der Waals surface area contributed by atoms with Crippen LogP contribution in [0, 0.1) is 12.7 Å². The molecule has 0 aliphatic rings. The minimum absolute atomic E-state index is 0.359. The first kappa shape index (κ1) is 25.5. The fraction of sp³-hybridized carbons (Fsp3) is 0.100. The number of rotatable bonds is 7. The minimum atomic E-state index is -0.490. The molecule has 0 spiro atoms. The fourth-order valence-electron chi connectivity index (χ4n) is 4.07. The SMILES string of the molecule is COc1cc2nccc(-c3cccnc3Oc3ccc(NC(=O)Nc4ccc(C)c(F)c4)cc3)c2cc1OC. The summed E-state index contributed by atoms with van der Waals surface area (Å²) >= 11 is 0. The zero-order valence-corrected chi connectivity index (χ0v) is 21.5. The molecular formula is C30H25FN4O4. The van der Waals surface area contributed by atoms with E-state index in [2.05, 4.69) is 20.6 Å². The molecule has 0 bridgehead atoms. The lowest BCUT2D eigenvalue weighted by Gasteiger charge is -2.14. The van der Waals surface area contributed by atoms with Gasteiger partial charge in [-0.3, -0.25) is 4.98 Å². The molecule has 3 aromatic carbocycles. The number of ether oxygens (including phenoxy) is 3. The molecule has 9 heteroatoms. The minimum Gasteiger partial charge on any atom is -0.493 e.